The van der Waals surface area contributed by atoms with E-state index in [1.54, 1.807) is 18.2 Å². The molecule has 6 nitrogen and oxygen atoms in total. The van der Waals surface area contributed by atoms with Crippen LogP contribution in [0.1, 0.15) is 11.1 Å². The molecular formula is C20H17F3N4O2. The van der Waals surface area contributed by atoms with Gasteiger partial charge in [-0.15, -0.1) is 0 Å². The Morgan fingerprint density at radius 3 is 2.72 bits per heavy atom. The third-order valence-corrected chi connectivity index (χ3v) is 4.65. The van der Waals surface area contributed by atoms with E-state index >= 15 is 0 Å². The van der Waals surface area contributed by atoms with E-state index in [9.17, 15) is 18.0 Å². The molecule has 1 unspecified atom stereocenters. The molecule has 1 N–H and O–H groups in total. The average molecular weight is 402 g/mol. The fourth-order valence-corrected chi connectivity index (χ4v) is 3.37. The first-order valence-corrected chi connectivity index (χ1v) is 8.96. The summed E-state index contributed by atoms with van der Waals surface area (Å²) in [6.07, 6.45) is -1.55. The van der Waals surface area contributed by atoms with Crippen molar-refractivity contribution in [2.75, 3.05) is 6.54 Å². The lowest BCUT2D eigenvalue weighted by Crippen LogP contribution is -2.36. The van der Waals surface area contributed by atoms with Crippen molar-refractivity contribution in [3.05, 3.63) is 66.2 Å². The van der Waals surface area contributed by atoms with Gasteiger partial charge in [-0.1, -0.05) is 36.4 Å². The number of aromatic nitrogens is 3. The Morgan fingerprint density at radius 1 is 1.17 bits per heavy atom. The quantitative estimate of drug-likeness (QED) is 0.712. The van der Waals surface area contributed by atoms with E-state index in [2.05, 4.69) is 15.4 Å². The van der Waals surface area contributed by atoms with Gasteiger partial charge in [0.25, 0.3) is 0 Å². The Labute approximate surface area is 164 Å². The fraction of sp³-hybridized carbons (Fsp3) is 0.250. The molecule has 1 aliphatic rings. The lowest BCUT2D eigenvalue weighted by molar-refractivity contribution is -0.137. The molecule has 1 aliphatic heterocycles. The van der Waals surface area contributed by atoms with Gasteiger partial charge in [-0.2, -0.15) is 18.3 Å². The number of nitrogens with zero attached hydrogens (tertiary/aromatic N) is 3. The minimum absolute atomic E-state index is 0.0316. The number of carbonyl (C=O) groups excluding carboxylic acids is 1. The molecular weight excluding hydrogens is 385 g/mol. The van der Waals surface area contributed by atoms with Gasteiger partial charge in [0.05, 0.1) is 12.1 Å². The number of hydrogen-bond acceptors (Lipinski definition) is 4. The van der Waals surface area contributed by atoms with Crippen LogP contribution in [0.25, 0.3) is 11.1 Å². The highest BCUT2D eigenvalue weighted by molar-refractivity contribution is 5.77. The summed E-state index contributed by atoms with van der Waals surface area (Å²) in [6.45, 7) is 0.270. The molecule has 1 atom stereocenters. The first kappa shape index (κ1) is 19.0. The first-order chi connectivity index (χ1) is 13.9. The third-order valence-electron chi connectivity index (χ3n) is 4.65. The Balaban J connectivity index is 1.50. The molecule has 0 radical (unpaired) electrons. The second-order valence-electron chi connectivity index (χ2n) is 6.68. The number of para-hydroxylation sites is 1. The average Bonchev–Trinajstić information content (AvgIpc) is 3.34. The number of hydrogen-bond donors (Lipinski definition) is 1. The minimum Gasteiger partial charge on any atom is -0.487 e. The summed E-state index contributed by atoms with van der Waals surface area (Å²) in [5.41, 5.74) is 0.580. The number of nitrogens with one attached hydrogen (secondary N) is 1. The Bertz CT molecular complexity index is 1020. The molecule has 0 fully saturated rings. The highest BCUT2D eigenvalue weighted by Gasteiger charge is 2.35. The topological polar surface area (TPSA) is 69.0 Å². The van der Waals surface area contributed by atoms with Gasteiger partial charge >= 0.3 is 6.18 Å². The maximum absolute atomic E-state index is 13.4. The Kier molecular flexibility index (Phi) is 4.96. The molecule has 0 bridgehead atoms. The number of amides is 1. The predicted molar refractivity (Wildman–Crippen MR) is 98.0 cm³/mol. The number of benzene rings is 2. The summed E-state index contributed by atoms with van der Waals surface area (Å²) in [6, 6.07) is 10.6. The standard InChI is InChI=1S/C20H17F3N4O2/c21-20(22,23)17-7-2-1-5-15(17)16-6-3-4-13-8-14(29-19(13)16)9-25-18(28)10-27-12-24-11-26-27/h1-7,11-12,14H,8-10H2,(H,25,28). The summed E-state index contributed by atoms with van der Waals surface area (Å²) in [5.74, 6) is 0.178. The van der Waals surface area contributed by atoms with Crippen molar-refractivity contribution in [1.29, 1.82) is 0 Å². The molecule has 0 saturated heterocycles. The van der Waals surface area contributed by atoms with Crippen molar-refractivity contribution in [3.8, 4) is 16.9 Å². The fourth-order valence-electron chi connectivity index (χ4n) is 3.37. The van der Waals surface area contributed by atoms with Gasteiger partial charge < -0.3 is 10.1 Å². The van der Waals surface area contributed by atoms with Crippen LogP contribution >= 0.6 is 0 Å². The summed E-state index contributed by atoms with van der Waals surface area (Å²) >= 11 is 0. The number of fused-ring (bicyclic) bond motifs is 1. The van der Waals surface area contributed by atoms with Crippen LogP contribution in [0.2, 0.25) is 0 Å². The zero-order chi connectivity index (χ0) is 20.4. The molecule has 3 aromatic rings. The predicted octanol–water partition coefficient (Wildman–Crippen LogP) is 3.08. The summed E-state index contributed by atoms with van der Waals surface area (Å²) in [7, 11) is 0. The van der Waals surface area contributed by atoms with Crippen molar-refractivity contribution in [3.63, 3.8) is 0 Å². The number of rotatable bonds is 5. The highest BCUT2D eigenvalue weighted by atomic mass is 19.4. The highest BCUT2D eigenvalue weighted by Crippen LogP contribution is 2.43. The van der Waals surface area contributed by atoms with Crippen molar-refractivity contribution in [2.45, 2.75) is 25.2 Å². The summed E-state index contributed by atoms with van der Waals surface area (Å²) in [5, 5.41) is 6.62. The molecule has 2 heterocycles. The van der Waals surface area contributed by atoms with Crippen LogP contribution in [-0.2, 0) is 23.9 Å². The van der Waals surface area contributed by atoms with E-state index in [4.69, 9.17) is 4.74 Å². The van der Waals surface area contributed by atoms with Gasteiger partial charge in [0.15, 0.2) is 0 Å². The van der Waals surface area contributed by atoms with E-state index < -0.39 is 11.7 Å². The normalized spacial score (nSPS) is 15.6. The van der Waals surface area contributed by atoms with Crippen LogP contribution in [0, 0.1) is 0 Å². The number of alkyl halides is 3. The van der Waals surface area contributed by atoms with E-state index in [0.717, 1.165) is 11.6 Å². The van der Waals surface area contributed by atoms with Gasteiger partial charge in [0.1, 0.15) is 31.1 Å². The molecule has 29 heavy (non-hydrogen) atoms. The van der Waals surface area contributed by atoms with Gasteiger partial charge in [-0.05, 0) is 17.2 Å². The molecule has 0 aliphatic carbocycles. The molecule has 2 aromatic carbocycles. The molecule has 4 rings (SSSR count). The Hall–Kier alpha value is -3.36. The van der Waals surface area contributed by atoms with Gasteiger partial charge in [0.2, 0.25) is 5.91 Å². The maximum Gasteiger partial charge on any atom is 0.417 e. The lowest BCUT2D eigenvalue weighted by Gasteiger charge is -2.16. The van der Waals surface area contributed by atoms with Crippen molar-refractivity contribution in [1.82, 2.24) is 20.1 Å². The van der Waals surface area contributed by atoms with Crippen molar-refractivity contribution in [2.24, 2.45) is 0 Å². The SMILES string of the molecule is O=C(Cn1cncn1)NCC1Cc2cccc(-c3ccccc3C(F)(F)F)c2O1. The second kappa shape index (κ2) is 7.57. The zero-order valence-corrected chi connectivity index (χ0v) is 15.2. The maximum atomic E-state index is 13.4. The smallest absolute Gasteiger partial charge is 0.417 e. The molecule has 9 heteroatoms. The van der Waals surface area contributed by atoms with Crippen LogP contribution < -0.4 is 10.1 Å². The van der Waals surface area contributed by atoms with E-state index in [0.29, 0.717) is 17.7 Å². The molecule has 0 saturated carbocycles. The van der Waals surface area contributed by atoms with Crippen LogP contribution in [0.5, 0.6) is 5.75 Å². The first-order valence-electron chi connectivity index (χ1n) is 8.96. The van der Waals surface area contributed by atoms with Crippen molar-refractivity contribution < 1.29 is 22.7 Å². The number of halogens is 3. The number of ether oxygens (including phenoxy) is 1. The van der Waals surface area contributed by atoms with Crippen LogP contribution in [0.15, 0.2) is 55.1 Å². The zero-order valence-electron chi connectivity index (χ0n) is 15.2. The molecule has 150 valence electrons. The third kappa shape index (κ3) is 4.08. The van der Waals surface area contributed by atoms with Crippen LogP contribution in [0.4, 0.5) is 13.2 Å². The number of carbonyl (C=O) groups is 1. The van der Waals surface area contributed by atoms with Gasteiger partial charge in [0, 0.05) is 12.0 Å². The van der Waals surface area contributed by atoms with E-state index in [1.807, 2.05) is 6.07 Å². The molecule has 0 spiro atoms. The second-order valence-corrected chi connectivity index (χ2v) is 6.68. The van der Waals surface area contributed by atoms with E-state index in [-0.39, 0.29) is 30.7 Å². The van der Waals surface area contributed by atoms with Crippen LogP contribution in [-0.4, -0.2) is 33.3 Å². The van der Waals surface area contributed by atoms with Gasteiger partial charge in [-0.3, -0.25) is 4.79 Å². The van der Waals surface area contributed by atoms with Crippen molar-refractivity contribution >= 4 is 5.91 Å². The largest absolute Gasteiger partial charge is 0.487 e. The van der Waals surface area contributed by atoms with Gasteiger partial charge in [-0.25, -0.2) is 9.67 Å². The van der Waals surface area contributed by atoms with E-state index in [1.165, 1.54) is 29.5 Å². The monoisotopic (exact) mass is 402 g/mol. The summed E-state index contributed by atoms with van der Waals surface area (Å²) in [4.78, 5) is 15.8. The molecule has 1 aromatic heterocycles. The Morgan fingerprint density at radius 2 is 1.97 bits per heavy atom. The van der Waals surface area contributed by atoms with Crippen LogP contribution in [0.3, 0.4) is 0 Å². The molecule has 1 amide bonds. The minimum atomic E-state index is -4.47. The summed E-state index contributed by atoms with van der Waals surface area (Å²) < 4.78 is 47.6. The lowest BCUT2D eigenvalue weighted by atomic mass is 9.96.